The number of sulfonamides is 1. The number of halogens is 2. The number of hydrogen-bond donors (Lipinski definition) is 0. The molecule has 3 heterocycles. The Morgan fingerprint density at radius 1 is 1.12 bits per heavy atom. The molecule has 1 aromatic rings. The average molecular weight is 358 g/mol. The molecule has 0 aromatic carbocycles. The summed E-state index contributed by atoms with van der Waals surface area (Å²) in [6.07, 6.45) is 5.76. The topological polar surface area (TPSA) is 66.4 Å². The molecule has 9 heteroatoms. The van der Waals surface area contributed by atoms with E-state index in [0.717, 1.165) is 0 Å². The molecule has 0 N–H and O–H groups in total. The minimum Gasteiger partial charge on any atom is -0.354 e. The maximum atomic E-state index is 14.7. The lowest BCUT2D eigenvalue weighted by atomic mass is 9.76. The first-order chi connectivity index (χ1) is 11.3. The molecular weight excluding hydrogens is 338 g/mol. The van der Waals surface area contributed by atoms with Crippen LogP contribution >= 0.6 is 0 Å². The fraction of sp³-hybridized carbons (Fsp3) is 0.733. The highest BCUT2D eigenvalue weighted by molar-refractivity contribution is 7.90. The predicted molar refractivity (Wildman–Crippen MR) is 84.4 cm³/mol. The van der Waals surface area contributed by atoms with Gasteiger partial charge in [-0.05, 0) is 19.3 Å². The summed E-state index contributed by atoms with van der Waals surface area (Å²) in [5.74, 6) is -2.31. The number of hydrogen-bond acceptors (Lipinski definition) is 5. The molecule has 132 valence electrons. The Hall–Kier alpha value is -1.35. The average Bonchev–Trinajstić information content (AvgIpc) is 3.33. The van der Waals surface area contributed by atoms with E-state index in [-0.39, 0.29) is 31.3 Å². The molecule has 1 saturated carbocycles. The van der Waals surface area contributed by atoms with Gasteiger partial charge in [0.1, 0.15) is 5.82 Å². The molecule has 4 rings (SSSR count). The zero-order chi connectivity index (χ0) is 17.0. The molecule has 2 saturated heterocycles. The van der Waals surface area contributed by atoms with Gasteiger partial charge in [0.2, 0.25) is 10.0 Å². The summed E-state index contributed by atoms with van der Waals surface area (Å²) in [4.78, 5) is 9.95. The maximum absolute atomic E-state index is 14.7. The number of aromatic nitrogens is 2. The largest absolute Gasteiger partial charge is 0.354 e. The Bertz CT molecular complexity index is 726. The van der Waals surface area contributed by atoms with Crippen molar-refractivity contribution >= 4 is 15.8 Å². The van der Waals surface area contributed by atoms with Crippen LogP contribution in [0.1, 0.15) is 25.7 Å². The lowest BCUT2D eigenvalue weighted by Gasteiger charge is -2.45. The zero-order valence-electron chi connectivity index (χ0n) is 13.2. The summed E-state index contributed by atoms with van der Waals surface area (Å²) in [6.45, 7) is 0.356. The van der Waals surface area contributed by atoms with Gasteiger partial charge in [-0.15, -0.1) is 0 Å². The number of alkyl halides is 2. The van der Waals surface area contributed by atoms with Crippen LogP contribution < -0.4 is 4.90 Å². The van der Waals surface area contributed by atoms with Gasteiger partial charge in [-0.2, -0.15) is 0 Å². The molecule has 2 aliphatic heterocycles. The molecule has 1 aromatic heterocycles. The van der Waals surface area contributed by atoms with Gasteiger partial charge in [-0.3, -0.25) is 4.98 Å². The van der Waals surface area contributed by atoms with E-state index in [0.29, 0.717) is 25.2 Å². The number of anilines is 1. The van der Waals surface area contributed by atoms with Crippen molar-refractivity contribution < 1.29 is 17.2 Å². The van der Waals surface area contributed by atoms with Crippen LogP contribution in [-0.4, -0.2) is 60.0 Å². The van der Waals surface area contributed by atoms with E-state index in [1.807, 2.05) is 0 Å². The Kier molecular flexibility index (Phi) is 3.58. The molecule has 6 nitrogen and oxygen atoms in total. The zero-order valence-corrected chi connectivity index (χ0v) is 14.1. The van der Waals surface area contributed by atoms with Crippen LogP contribution in [0.3, 0.4) is 0 Å². The van der Waals surface area contributed by atoms with Crippen molar-refractivity contribution in [2.75, 3.05) is 31.1 Å². The Morgan fingerprint density at radius 2 is 1.92 bits per heavy atom. The second-order valence-electron chi connectivity index (χ2n) is 7.05. The van der Waals surface area contributed by atoms with E-state index in [4.69, 9.17) is 0 Å². The van der Waals surface area contributed by atoms with Gasteiger partial charge in [0, 0.05) is 45.0 Å². The van der Waals surface area contributed by atoms with Gasteiger partial charge >= 0.3 is 0 Å². The first-order valence-electron chi connectivity index (χ1n) is 8.22. The molecule has 0 bridgehead atoms. The standard InChI is InChI=1S/C15H20F2N4O2S/c16-15(17)4-8-21(24(22,23)12-1-2-12)11-14(15)3-7-20(10-14)13-9-18-5-6-19-13/h5-6,9,12H,1-4,7-8,10-11H2/t14-/m0/s1. The fourth-order valence-corrected chi connectivity index (χ4v) is 5.73. The van der Waals surface area contributed by atoms with Crippen molar-refractivity contribution in [1.82, 2.24) is 14.3 Å². The SMILES string of the molecule is O=S(=O)(C1CC1)N1CCC(F)(F)[C@]2(CCN(c3cnccn3)C2)C1. The summed E-state index contributed by atoms with van der Waals surface area (Å²) in [7, 11) is -3.43. The molecule has 0 unspecified atom stereocenters. The van der Waals surface area contributed by atoms with Crippen molar-refractivity contribution in [3.8, 4) is 0 Å². The minimum atomic E-state index is -3.43. The Balaban J connectivity index is 1.60. The first-order valence-corrected chi connectivity index (χ1v) is 9.72. The van der Waals surface area contributed by atoms with Crippen molar-refractivity contribution in [2.24, 2.45) is 5.41 Å². The van der Waals surface area contributed by atoms with E-state index in [1.165, 1.54) is 16.7 Å². The van der Waals surface area contributed by atoms with Crippen molar-refractivity contribution in [3.63, 3.8) is 0 Å². The lowest BCUT2D eigenvalue weighted by Crippen LogP contribution is -2.58. The molecule has 0 radical (unpaired) electrons. The third-order valence-electron chi connectivity index (χ3n) is 5.46. The van der Waals surface area contributed by atoms with Crippen molar-refractivity contribution in [3.05, 3.63) is 18.6 Å². The van der Waals surface area contributed by atoms with Crippen LogP contribution in [0.15, 0.2) is 18.6 Å². The van der Waals surface area contributed by atoms with E-state index >= 15 is 0 Å². The summed E-state index contributed by atoms with van der Waals surface area (Å²) in [5, 5.41) is -0.362. The number of piperidine rings is 1. The van der Waals surface area contributed by atoms with Crippen molar-refractivity contribution in [1.29, 1.82) is 0 Å². The molecule has 0 amide bonds. The monoisotopic (exact) mass is 358 g/mol. The van der Waals surface area contributed by atoms with E-state index < -0.39 is 27.8 Å². The smallest absolute Gasteiger partial charge is 0.257 e. The number of rotatable bonds is 3. The van der Waals surface area contributed by atoms with Crippen LogP contribution in [0.25, 0.3) is 0 Å². The molecule has 1 atom stereocenters. The normalized spacial score (nSPS) is 30.8. The summed E-state index contributed by atoms with van der Waals surface area (Å²) in [6, 6.07) is 0. The second kappa shape index (κ2) is 5.32. The maximum Gasteiger partial charge on any atom is 0.257 e. The van der Waals surface area contributed by atoms with Gasteiger partial charge in [0.25, 0.3) is 5.92 Å². The highest BCUT2D eigenvalue weighted by atomic mass is 32.2. The highest BCUT2D eigenvalue weighted by Crippen LogP contribution is 2.51. The summed E-state index contributed by atoms with van der Waals surface area (Å²) in [5.41, 5.74) is -1.34. The molecule has 1 aliphatic carbocycles. The van der Waals surface area contributed by atoms with E-state index in [9.17, 15) is 17.2 Å². The molecule has 3 fully saturated rings. The van der Waals surface area contributed by atoms with Crippen LogP contribution in [0.4, 0.5) is 14.6 Å². The molecule has 3 aliphatic rings. The van der Waals surface area contributed by atoms with E-state index in [1.54, 1.807) is 11.1 Å². The predicted octanol–water partition coefficient (Wildman–Crippen LogP) is 1.51. The van der Waals surface area contributed by atoms with Crippen LogP contribution in [0.2, 0.25) is 0 Å². The van der Waals surface area contributed by atoms with Crippen LogP contribution in [-0.2, 0) is 10.0 Å². The van der Waals surface area contributed by atoms with Crippen LogP contribution in [0.5, 0.6) is 0 Å². The molecular formula is C15H20F2N4O2S. The molecule has 1 spiro atoms. The van der Waals surface area contributed by atoms with Crippen LogP contribution in [0, 0.1) is 5.41 Å². The lowest BCUT2D eigenvalue weighted by molar-refractivity contribution is -0.145. The molecule has 24 heavy (non-hydrogen) atoms. The quantitative estimate of drug-likeness (QED) is 0.819. The Morgan fingerprint density at radius 3 is 2.58 bits per heavy atom. The third-order valence-corrected chi connectivity index (χ3v) is 7.81. The van der Waals surface area contributed by atoms with Gasteiger partial charge in [-0.25, -0.2) is 26.5 Å². The summed E-state index contributed by atoms with van der Waals surface area (Å²) >= 11 is 0. The summed E-state index contributed by atoms with van der Waals surface area (Å²) < 4.78 is 55.8. The third kappa shape index (κ3) is 2.48. The van der Waals surface area contributed by atoms with E-state index in [2.05, 4.69) is 9.97 Å². The fourth-order valence-electron chi connectivity index (χ4n) is 3.81. The van der Waals surface area contributed by atoms with Gasteiger partial charge in [-0.1, -0.05) is 0 Å². The second-order valence-corrected chi connectivity index (χ2v) is 9.26. The highest BCUT2D eigenvalue weighted by Gasteiger charge is 2.61. The first kappa shape index (κ1) is 16.1. The van der Waals surface area contributed by atoms with Crippen molar-refractivity contribution in [2.45, 2.75) is 36.9 Å². The van der Waals surface area contributed by atoms with Gasteiger partial charge < -0.3 is 4.90 Å². The minimum absolute atomic E-state index is 0.0846. The number of nitrogens with zero attached hydrogens (tertiary/aromatic N) is 4. The Labute approximate surface area is 139 Å². The van der Waals surface area contributed by atoms with Gasteiger partial charge in [0.15, 0.2) is 0 Å². The van der Waals surface area contributed by atoms with Gasteiger partial charge in [0.05, 0.1) is 16.9 Å².